The Balaban J connectivity index is 1.46. The first-order chi connectivity index (χ1) is 9.83. The fraction of sp³-hybridized carbons (Fsp3) is 0.385. The molecule has 6 nitrogen and oxygen atoms in total. The molecular weight excluding hydrogens is 280 g/mol. The second-order valence-corrected chi connectivity index (χ2v) is 4.93. The third kappa shape index (κ3) is 3.02. The Hall–Kier alpha value is -1.79. The van der Waals surface area contributed by atoms with E-state index in [1.54, 1.807) is 0 Å². The molecule has 2 aromatic rings. The fourth-order valence-electron chi connectivity index (χ4n) is 2.09. The molecule has 2 heterocycles. The standard InChI is InChI=1S/C13H15ClN4O2/c14-10-4-9(5-11-13(10)20-8-19-11)6-15-3-1-2-12-16-7-17-18-12/h4-5,7,15H,1-3,6,8H2,(H,16,17,18). The van der Waals surface area contributed by atoms with Gasteiger partial charge in [-0.1, -0.05) is 11.6 Å². The number of ether oxygens (including phenoxy) is 2. The molecule has 0 unspecified atom stereocenters. The molecule has 1 aliphatic rings. The highest BCUT2D eigenvalue weighted by atomic mass is 35.5. The summed E-state index contributed by atoms with van der Waals surface area (Å²) in [4.78, 5) is 4.08. The zero-order valence-corrected chi connectivity index (χ0v) is 11.6. The second kappa shape index (κ2) is 6.11. The van der Waals surface area contributed by atoms with Crippen LogP contribution < -0.4 is 14.8 Å². The predicted octanol–water partition coefficient (Wildman–Crippen LogP) is 1.91. The molecule has 0 spiro atoms. The molecule has 106 valence electrons. The normalized spacial score (nSPS) is 12.8. The van der Waals surface area contributed by atoms with E-state index >= 15 is 0 Å². The Labute approximate surface area is 121 Å². The number of halogens is 1. The maximum Gasteiger partial charge on any atom is 0.231 e. The van der Waals surface area contributed by atoms with Gasteiger partial charge in [-0.3, -0.25) is 5.10 Å². The van der Waals surface area contributed by atoms with Crippen molar-refractivity contribution in [2.45, 2.75) is 19.4 Å². The van der Waals surface area contributed by atoms with Gasteiger partial charge in [0.2, 0.25) is 6.79 Å². The van der Waals surface area contributed by atoms with E-state index in [2.05, 4.69) is 20.5 Å². The van der Waals surface area contributed by atoms with Gasteiger partial charge in [-0.2, -0.15) is 5.10 Å². The van der Waals surface area contributed by atoms with Gasteiger partial charge in [0, 0.05) is 13.0 Å². The molecule has 20 heavy (non-hydrogen) atoms. The van der Waals surface area contributed by atoms with E-state index in [0.29, 0.717) is 10.8 Å². The molecule has 1 aliphatic heterocycles. The lowest BCUT2D eigenvalue weighted by molar-refractivity contribution is 0.174. The van der Waals surface area contributed by atoms with Crippen LogP contribution in [0.5, 0.6) is 11.5 Å². The summed E-state index contributed by atoms with van der Waals surface area (Å²) in [6.07, 6.45) is 3.40. The molecule has 0 atom stereocenters. The van der Waals surface area contributed by atoms with Crippen LogP contribution in [-0.4, -0.2) is 28.5 Å². The summed E-state index contributed by atoms with van der Waals surface area (Å²) in [5.41, 5.74) is 1.08. The van der Waals surface area contributed by atoms with E-state index in [1.807, 2.05) is 12.1 Å². The third-order valence-corrected chi connectivity index (χ3v) is 3.33. The molecule has 0 fully saturated rings. The summed E-state index contributed by atoms with van der Waals surface area (Å²) in [7, 11) is 0. The Morgan fingerprint density at radius 3 is 3.15 bits per heavy atom. The number of fused-ring (bicyclic) bond motifs is 1. The van der Waals surface area contributed by atoms with Crippen LogP contribution in [0.1, 0.15) is 17.8 Å². The van der Waals surface area contributed by atoms with Crippen molar-refractivity contribution in [3.8, 4) is 11.5 Å². The van der Waals surface area contributed by atoms with Gasteiger partial charge in [0.25, 0.3) is 0 Å². The minimum absolute atomic E-state index is 0.239. The van der Waals surface area contributed by atoms with Crippen molar-refractivity contribution in [2.75, 3.05) is 13.3 Å². The Bertz CT molecular complexity index is 574. The van der Waals surface area contributed by atoms with Crippen LogP contribution in [0.2, 0.25) is 5.02 Å². The quantitative estimate of drug-likeness (QED) is 0.796. The maximum atomic E-state index is 6.13. The van der Waals surface area contributed by atoms with E-state index in [-0.39, 0.29) is 6.79 Å². The van der Waals surface area contributed by atoms with Gasteiger partial charge in [-0.05, 0) is 30.7 Å². The number of hydrogen-bond donors (Lipinski definition) is 2. The average Bonchev–Trinajstić information content (AvgIpc) is 3.08. The Morgan fingerprint density at radius 1 is 1.35 bits per heavy atom. The highest BCUT2D eigenvalue weighted by Crippen LogP contribution is 2.39. The first-order valence-corrected chi connectivity index (χ1v) is 6.84. The van der Waals surface area contributed by atoms with Crippen molar-refractivity contribution in [1.29, 1.82) is 0 Å². The maximum absolute atomic E-state index is 6.13. The van der Waals surface area contributed by atoms with Crippen LogP contribution in [0.3, 0.4) is 0 Å². The van der Waals surface area contributed by atoms with Gasteiger partial charge in [0.1, 0.15) is 12.2 Å². The summed E-state index contributed by atoms with van der Waals surface area (Å²) in [5, 5.41) is 10.6. The monoisotopic (exact) mass is 294 g/mol. The highest BCUT2D eigenvalue weighted by Gasteiger charge is 2.17. The van der Waals surface area contributed by atoms with Crippen LogP contribution in [0, 0.1) is 0 Å². The van der Waals surface area contributed by atoms with Crippen molar-refractivity contribution < 1.29 is 9.47 Å². The fourth-order valence-corrected chi connectivity index (χ4v) is 2.38. The number of nitrogens with one attached hydrogen (secondary N) is 2. The first-order valence-electron chi connectivity index (χ1n) is 6.46. The molecule has 1 aromatic carbocycles. The summed E-state index contributed by atoms with van der Waals surface area (Å²) in [6, 6.07) is 3.86. The topological polar surface area (TPSA) is 72.1 Å². The number of rotatable bonds is 6. The molecule has 2 N–H and O–H groups in total. The molecule has 0 saturated carbocycles. The van der Waals surface area contributed by atoms with E-state index in [1.165, 1.54) is 6.33 Å². The van der Waals surface area contributed by atoms with Crippen molar-refractivity contribution >= 4 is 11.6 Å². The summed E-state index contributed by atoms with van der Waals surface area (Å²) >= 11 is 6.13. The molecule has 7 heteroatoms. The zero-order valence-electron chi connectivity index (χ0n) is 10.9. The van der Waals surface area contributed by atoms with Crippen molar-refractivity contribution in [2.24, 2.45) is 0 Å². The number of nitrogens with zero attached hydrogens (tertiary/aromatic N) is 2. The van der Waals surface area contributed by atoms with Gasteiger partial charge in [-0.15, -0.1) is 0 Å². The van der Waals surface area contributed by atoms with Crippen LogP contribution in [0.25, 0.3) is 0 Å². The van der Waals surface area contributed by atoms with Crippen LogP contribution in [0.4, 0.5) is 0 Å². The van der Waals surface area contributed by atoms with E-state index in [4.69, 9.17) is 21.1 Å². The largest absolute Gasteiger partial charge is 0.454 e. The minimum Gasteiger partial charge on any atom is -0.454 e. The molecule has 0 radical (unpaired) electrons. The number of aromatic amines is 1. The van der Waals surface area contributed by atoms with E-state index < -0.39 is 0 Å². The number of hydrogen-bond acceptors (Lipinski definition) is 5. The molecule has 1 aromatic heterocycles. The number of benzene rings is 1. The number of aryl methyl sites for hydroxylation is 1. The van der Waals surface area contributed by atoms with Crippen LogP contribution in [0.15, 0.2) is 18.5 Å². The summed E-state index contributed by atoms with van der Waals surface area (Å²) in [6.45, 7) is 1.88. The van der Waals surface area contributed by atoms with Gasteiger partial charge in [-0.25, -0.2) is 4.98 Å². The molecule has 3 rings (SSSR count). The Morgan fingerprint density at radius 2 is 2.30 bits per heavy atom. The van der Waals surface area contributed by atoms with E-state index in [0.717, 1.165) is 43.1 Å². The van der Waals surface area contributed by atoms with Crippen LogP contribution in [-0.2, 0) is 13.0 Å². The van der Waals surface area contributed by atoms with Crippen molar-refractivity contribution in [3.63, 3.8) is 0 Å². The Kier molecular flexibility index (Phi) is 4.03. The molecule has 0 bridgehead atoms. The van der Waals surface area contributed by atoms with Crippen molar-refractivity contribution in [3.05, 3.63) is 34.9 Å². The second-order valence-electron chi connectivity index (χ2n) is 4.52. The van der Waals surface area contributed by atoms with Gasteiger partial charge < -0.3 is 14.8 Å². The number of H-pyrrole nitrogens is 1. The smallest absolute Gasteiger partial charge is 0.231 e. The van der Waals surface area contributed by atoms with E-state index in [9.17, 15) is 0 Å². The van der Waals surface area contributed by atoms with Gasteiger partial charge >= 0.3 is 0 Å². The molecular formula is C13H15ClN4O2. The van der Waals surface area contributed by atoms with Gasteiger partial charge in [0.05, 0.1) is 5.02 Å². The molecule has 0 aliphatic carbocycles. The van der Waals surface area contributed by atoms with Gasteiger partial charge in [0.15, 0.2) is 11.5 Å². The lowest BCUT2D eigenvalue weighted by Crippen LogP contribution is -2.15. The first kappa shape index (κ1) is 13.2. The average molecular weight is 295 g/mol. The summed E-state index contributed by atoms with van der Waals surface area (Å²) < 4.78 is 10.6. The molecule has 0 saturated heterocycles. The van der Waals surface area contributed by atoms with Crippen molar-refractivity contribution in [1.82, 2.24) is 20.5 Å². The zero-order chi connectivity index (χ0) is 13.8. The minimum atomic E-state index is 0.239. The predicted molar refractivity (Wildman–Crippen MR) is 74.0 cm³/mol. The lowest BCUT2D eigenvalue weighted by Gasteiger charge is -2.06. The SMILES string of the molecule is Clc1cc(CNCCCc2ncn[nH]2)cc2c1OCO2. The van der Waals surface area contributed by atoms with Crippen LogP contribution >= 0.6 is 11.6 Å². The third-order valence-electron chi connectivity index (χ3n) is 3.05. The highest BCUT2D eigenvalue weighted by molar-refractivity contribution is 6.32. The number of aromatic nitrogens is 3. The summed E-state index contributed by atoms with van der Waals surface area (Å²) in [5.74, 6) is 2.27. The lowest BCUT2D eigenvalue weighted by atomic mass is 10.2. The molecule has 0 amide bonds.